The Labute approximate surface area is 134 Å². The van der Waals surface area contributed by atoms with E-state index in [0.29, 0.717) is 26.1 Å². The van der Waals surface area contributed by atoms with E-state index in [0.717, 1.165) is 25.7 Å². The van der Waals surface area contributed by atoms with Gasteiger partial charge >= 0.3 is 11.9 Å². The highest BCUT2D eigenvalue weighted by Crippen LogP contribution is 2.35. The molecule has 0 aromatic rings. The standard InChI is InChI=1S/C18H32O4/c1-3-21-16(19)18(17(20)22-4-2)14-12-10-8-6-5-7-9-11-13-15-18/h3-15H2,1-2H3. The Bertz CT molecular complexity index is 306. The van der Waals surface area contributed by atoms with Crippen molar-refractivity contribution in [3.05, 3.63) is 0 Å². The zero-order valence-electron chi connectivity index (χ0n) is 14.3. The molecule has 1 saturated carbocycles. The topological polar surface area (TPSA) is 52.6 Å². The van der Waals surface area contributed by atoms with E-state index < -0.39 is 5.41 Å². The Kier molecular flexibility index (Phi) is 9.17. The third kappa shape index (κ3) is 5.62. The fraction of sp³-hybridized carbons (Fsp3) is 0.889. The average molecular weight is 312 g/mol. The Morgan fingerprint density at radius 1 is 0.682 bits per heavy atom. The van der Waals surface area contributed by atoms with Crippen LogP contribution in [0, 0.1) is 5.41 Å². The van der Waals surface area contributed by atoms with E-state index in [-0.39, 0.29) is 11.9 Å². The van der Waals surface area contributed by atoms with Crippen LogP contribution in [0.5, 0.6) is 0 Å². The van der Waals surface area contributed by atoms with Gasteiger partial charge in [0.15, 0.2) is 5.41 Å². The van der Waals surface area contributed by atoms with Gasteiger partial charge in [-0.1, -0.05) is 57.8 Å². The van der Waals surface area contributed by atoms with Crippen LogP contribution in [0.4, 0.5) is 0 Å². The lowest BCUT2D eigenvalue weighted by Gasteiger charge is -2.29. The fourth-order valence-corrected chi connectivity index (χ4v) is 3.25. The fourth-order valence-electron chi connectivity index (χ4n) is 3.25. The summed E-state index contributed by atoms with van der Waals surface area (Å²) in [5.74, 6) is -0.768. The second kappa shape index (κ2) is 10.6. The van der Waals surface area contributed by atoms with Crippen LogP contribution in [0.25, 0.3) is 0 Å². The lowest BCUT2D eigenvalue weighted by molar-refractivity contribution is -0.173. The molecular formula is C18H32O4. The van der Waals surface area contributed by atoms with Gasteiger partial charge in [-0.2, -0.15) is 0 Å². The van der Waals surface area contributed by atoms with E-state index in [9.17, 15) is 9.59 Å². The second-order valence-corrected chi connectivity index (χ2v) is 6.21. The minimum Gasteiger partial charge on any atom is -0.465 e. The summed E-state index contributed by atoms with van der Waals surface area (Å²) in [4.78, 5) is 25.1. The van der Waals surface area contributed by atoms with Gasteiger partial charge in [-0.05, 0) is 26.7 Å². The maximum Gasteiger partial charge on any atom is 0.323 e. The number of hydrogen-bond donors (Lipinski definition) is 0. The highest BCUT2D eigenvalue weighted by atomic mass is 16.6. The normalized spacial score (nSPS) is 20.3. The molecule has 0 aliphatic heterocycles. The molecule has 128 valence electrons. The molecule has 0 amide bonds. The second-order valence-electron chi connectivity index (χ2n) is 6.21. The maximum absolute atomic E-state index is 12.5. The van der Waals surface area contributed by atoms with E-state index in [1.165, 1.54) is 32.1 Å². The van der Waals surface area contributed by atoms with E-state index in [2.05, 4.69) is 0 Å². The third-order valence-corrected chi connectivity index (χ3v) is 4.54. The molecular weight excluding hydrogens is 280 g/mol. The monoisotopic (exact) mass is 312 g/mol. The molecule has 4 heteroatoms. The largest absolute Gasteiger partial charge is 0.465 e. The van der Waals surface area contributed by atoms with Crippen molar-refractivity contribution in [2.24, 2.45) is 5.41 Å². The molecule has 0 aromatic carbocycles. The molecule has 0 radical (unpaired) electrons. The smallest absolute Gasteiger partial charge is 0.323 e. The summed E-state index contributed by atoms with van der Waals surface area (Å²) in [5.41, 5.74) is -1.08. The van der Waals surface area contributed by atoms with Crippen molar-refractivity contribution in [3.63, 3.8) is 0 Å². The predicted octanol–water partition coefficient (Wildman–Crippen LogP) is 4.40. The van der Waals surface area contributed by atoms with Crippen LogP contribution in [0.15, 0.2) is 0 Å². The minimum atomic E-state index is -1.08. The first-order valence-electron chi connectivity index (χ1n) is 9.02. The first-order chi connectivity index (χ1) is 10.7. The van der Waals surface area contributed by atoms with Crippen LogP contribution >= 0.6 is 0 Å². The van der Waals surface area contributed by atoms with Crippen molar-refractivity contribution >= 4 is 11.9 Å². The molecule has 1 aliphatic carbocycles. The molecule has 1 aliphatic rings. The van der Waals surface area contributed by atoms with Gasteiger partial charge in [0.05, 0.1) is 13.2 Å². The van der Waals surface area contributed by atoms with Crippen LogP contribution in [0.2, 0.25) is 0 Å². The Balaban J connectivity index is 2.88. The SMILES string of the molecule is CCOC(=O)C1(C(=O)OCC)CCCCCCCCCCC1. The molecule has 1 rings (SSSR count). The van der Waals surface area contributed by atoms with Crippen molar-refractivity contribution < 1.29 is 19.1 Å². The molecule has 0 atom stereocenters. The Morgan fingerprint density at radius 2 is 1.00 bits per heavy atom. The summed E-state index contributed by atoms with van der Waals surface area (Å²) >= 11 is 0. The highest BCUT2D eigenvalue weighted by Gasteiger charge is 2.47. The van der Waals surface area contributed by atoms with Gasteiger partial charge in [0.1, 0.15) is 0 Å². The average Bonchev–Trinajstić information content (AvgIpc) is 2.48. The molecule has 22 heavy (non-hydrogen) atoms. The van der Waals surface area contributed by atoms with Gasteiger partial charge in [0.2, 0.25) is 0 Å². The molecule has 0 unspecified atom stereocenters. The van der Waals surface area contributed by atoms with E-state index in [1.54, 1.807) is 13.8 Å². The van der Waals surface area contributed by atoms with Gasteiger partial charge in [0, 0.05) is 0 Å². The summed E-state index contributed by atoms with van der Waals surface area (Å²) in [6, 6.07) is 0. The first-order valence-corrected chi connectivity index (χ1v) is 9.02. The van der Waals surface area contributed by atoms with E-state index in [1.807, 2.05) is 0 Å². The number of hydrogen-bond acceptors (Lipinski definition) is 4. The summed E-state index contributed by atoms with van der Waals surface area (Å²) in [5, 5.41) is 0. The number of rotatable bonds is 4. The molecule has 0 bridgehead atoms. The summed E-state index contributed by atoms with van der Waals surface area (Å²) in [6.45, 7) is 4.18. The summed E-state index contributed by atoms with van der Waals surface area (Å²) in [7, 11) is 0. The van der Waals surface area contributed by atoms with Gasteiger partial charge in [-0.3, -0.25) is 9.59 Å². The highest BCUT2D eigenvalue weighted by molar-refractivity contribution is 6.00. The number of esters is 2. The molecule has 1 fully saturated rings. The van der Waals surface area contributed by atoms with Gasteiger partial charge in [0.25, 0.3) is 0 Å². The van der Waals surface area contributed by atoms with E-state index >= 15 is 0 Å². The zero-order chi connectivity index (χ0) is 16.3. The number of carbonyl (C=O) groups is 2. The number of carbonyl (C=O) groups excluding carboxylic acids is 2. The van der Waals surface area contributed by atoms with Crippen LogP contribution < -0.4 is 0 Å². The molecule has 0 spiro atoms. The third-order valence-electron chi connectivity index (χ3n) is 4.54. The van der Waals surface area contributed by atoms with Crippen molar-refractivity contribution in [2.75, 3.05) is 13.2 Å². The van der Waals surface area contributed by atoms with Crippen LogP contribution in [0.3, 0.4) is 0 Å². The summed E-state index contributed by atoms with van der Waals surface area (Å²) in [6.07, 6.45) is 11.2. The number of ether oxygens (including phenoxy) is 2. The van der Waals surface area contributed by atoms with Gasteiger partial charge in [-0.25, -0.2) is 0 Å². The predicted molar refractivity (Wildman–Crippen MR) is 86.5 cm³/mol. The lowest BCUT2D eigenvalue weighted by atomic mass is 9.77. The molecule has 0 saturated heterocycles. The molecule has 4 nitrogen and oxygen atoms in total. The van der Waals surface area contributed by atoms with Crippen molar-refractivity contribution in [1.82, 2.24) is 0 Å². The van der Waals surface area contributed by atoms with Crippen LogP contribution in [-0.4, -0.2) is 25.2 Å². The van der Waals surface area contributed by atoms with Crippen LogP contribution in [0.1, 0.15) is 84.5 Å². The minimum absolute atomic E-state index is 0.306. The molecule has 0 N–H and O–H groups in total. The van der Waals surface area contributed by atoms with Crippen LogP contribution in [-0.2, 0) is 19.1 Å². The molecule has 0 heterocycles. The van der Waals surface area contributed by atoms with E-state index in [4.69, 9.17) is 9.47 Å². The lowest BCUT2D eigenvalue weighted by Crippen LogP contribution is -2.42. The van der Waals surface area contributed by atoms with Gasteiger partial charge < -0.3 is 9.47 Å². The Hall–Kier alpha value is -1.06. The van der Waals surface area contributed by atoms with Crippen molar-refractivity contribution in [1.29, 1.82) is 0 Å². The molecule has 0 aromatic heterocycles. The maximum atomic E-state index is 12.5. The summed E-state index contributed by atoms with van der Waals surface area (Å²) < 4.78 is 10.5. The zero-order valence-corrected chi connectivity index (χ0v) is 14.3. The van der Waals surface area contributed by atoms with Gasteiger partial charge in [-0.15, -0.1) is 0 Å². The first kappa shape index (κ1) is 19.0. The Morgan fingerprint density at radius 3 is 1.32 bits per heavy atom. The van der Waals surface area contributed by atoms with Crippen molar-refractivity contribution in [2.45, 2.75) is 84.5 Å². The van der Waals surface area contributed by atoms with Crippen molar-refractivity contribution in [3.8, 4) is 0 Å². The quantitative estimate of drug-likeness (QED) is 0.570.